The molecule has 3 fully saturated rings. The number of rotatable bonds is 6. The second-order valence-corrected chi connectivity index (χ2v) is 8.32. The lowest BCUT2D eigenvalue weighted by Gasteiger charge is -2.38. The molecule has 164 valence electrons. The Balaban J connectivity index is 0.00000231. The number of piperidine rings is 1. The van der Waals surface area contributed by atoms with E-state index in [0.29, 0.717) is 29.9 Å². The molecule has 2 aromatic carbocycles. The molecule has 2 aromatic rings. The lowest BCUT2D eigenvalue weighted by atomic mass is 9.97. The minimum absolute atomic E-state index is 0. The number of carbonyl (C=O) groups is 2. The number of hydrogen-bond donors (Lipinski definition) is 0. The average molecular weight is 488 g/mol. The molecule has 0 saturated carbocycles. The maximum absolute atomic E-state index is 13.1. The summed E-state index contributed by atoms with van der Waals surface area (Å²) < 4.78 is 17.1. The van der Waals surface area contributed by atoms with E-state index in [1.54, 1.807) is 24.3 Å². The molecule has 7 heteroatoms. The van der Waals surface area contributed by atoms with Crippen molar-refractivity contribution < 1.29 is 23.8 Å². The number of esters is 2. The van der Waals surface area contributed by atoms with Crippen molar-refractivity contribution in [1.82, 2.24) is 4.90 Å². The zero-order valence-electron chi connectivity index (χ0n) is 17.3. The lowest BCUT2D eigenvalue weighted by Crippen LogP contribution is -2.48. The third-order valence-corrected chi connectivity index (χ3v) is 6.53. The van der Waals surface area contributed by atoms with Gasteiger partial charge in [0.1, 0.15) is 30.8 Å². The van der Waals surface area contributed by atoms with E-state index in [1.165, 1.54) is 0 Å². The summed E-state index contributed by atoms with van der Waals surface area (Å²) in [7, 11) is 2.12. The molecule has 0 aromatic heterocycles. The molecule has 5 rings (SSSR count). The molecule has 3 heterocycles. The number of nitrogens with zero attached hydrogens (tertiary/aromatic N) is 1. The summed E-state index contributed by atoms with van der Waals surface area (Å²) in [4.78, 5) is 27.8. The molecule has 6 nitrogen and oxygen atoms in total. The van der Waals surface area contributed by atoms with Crippen LogP contribution in [0, 0.1) is 0 Å². The highest BCUT2D eigenvalue weighted by Crippen LogP contribution is 2.48. The first kappa shape index (κ1) is 22.0. The van der Waals surface area contributed by atoms with Crippen LogP contribution in [0.4, 0.5) is 0 Å². The van der Waals surface area contributed by atoms with Crippen LogP contribution in [0.15, 0.2) is 60.7 Å². The topological polar surface area (TPSA) is 68.4 Å². The van der Waals surface area contributed by atoms with Gasteiger partial charge in [-0.15, -0.1) is 17.0 Å². The van der Waals surface area contributed by atoms with Gasteiger partial charge in [0, 0.05) is 24.9 Å². The molecule has 3 aliphatic heterocycles. The molecule has 6 atom stereocenters. The van der Waals surface area contributed by atoms with Gasteiger partial charge in [0.25, 0.3) is 0 Å². The van der Waals surface area contributed by atoms with E-state index in [4.69, 9.17) is 14.2 Å². The maximum Gasteiger partial charge on any atom is 0.338 e. The Hall–Kier alpha value is -2.22. The van der Waals surface area contributed by atoms with Crippen molar-refractivity contribution in [3.05, 3.63) is 71.8 Å². The molecule has 0 radical (unpaired) electrons. The van der Waals surface area contributed by atoms with E-state index in [2.05, 4.69) is 11.9 Å². The first-order valence-electron chi connectivity index (χ1n) is 10.5. The van der Waals surface area contributed by atoms with Crippen LogP contribution in [0.25, 0.3) is 0 Å². The Bertz CT molecular complexity index is 906. The van der Waals surface area contributed by atoms with Crippen molar-refractivity contribution in [2.24, 2.45) is 0 Å². The largest absolute Gasteiger partial charge is 0.462 e. The predicted molar refractivity (Wildman–Crippen MR) is 119 cm³/mol. The van der Waals surface area contributed by atoms with Gasteiger partial charge in [-0.1, -0.05) is 48.5 Å². The van der Waals surface area contributed by atoms with Gasteiger partial charge in [-0.05, 0) is 24.7 Å². The van der Waals surface area contributed by atoms with Gasteiger partial charge in [-0.2, -0.15) is 0 Å². The van der Waals surface area contributed by atoms with Crippen molar-refractivity contribution in [2.75, 3.05) is 13.7 Å². The number of carbonyl (C=O) groups excluding carboxylic acids is 2. The Kier molecular flexibility index (Phi) is 6.46. The summed E-state index contributed by atoms with van der Waals surface area (Å²) in [5, 5.41) is 0. The van der Waals surface area contributed by atoms with Gasteiger partial charge in [-0.25, -0.2) is 4.79 Å². The summed E-state index contributed by atoms with van der Waals surface area (Å²) in [5.74, 6) is -1.44. The molecule has 3 aliphatic rings. The zero-order chi connectivity index (χ0) is 20.7. The number of hydrogen-bond acceptors (Lipinski definition) is 6. The molecule has 3 saturated heterocycles. The monoisotopic (exact) mass is 487 g/mol. The van der Waals surface area contributed by atoms with Crippen LogP contribution in [-0.4, -0.2) is 60.9 Å². The number of morpholine rings is 1. The number of likely N-dealkylation sites (N-methyl/N-ethyl adjacent to an activating group) is 1. The van der Waals surface area contributed by atoms with Gasteiger partial charge in [-0.3, -0.25) is 9.69 Å². The van der Waals surface area contributed by atoms with E-state index in [9.17, 15) is 9.59 Å². The quantitative estimate of drug-likeness (QED) is 0.459. The summed E-state index contributed by atoms with van der Waals surface area (Å²) in [6.07, 6.45) is 2.02. The Labute approximate surface area is 192 Å². The summed E-state index contributed by atoms with van der Waals surface area (Å²) in [6.45, 7) is -0.0512. The van der Waals surface area contributed by atoms with Crippen LogP contribution in [0.1, 0.15) is 34.7 Å². The van der Waals surface area contributed by atoms with Crippen molar-refractivity contribution >= 4 is 28.9 Å². The van der Waals surface area contributed by atoms with Crippen LogP contribution < -0.4 is 0 Å². The van der Waals surface area contributed by atoms with Gasteiger partial charge in [0.2, 0.25) is 0 Å². The average Bonchev–Trinajstić information content (AvgIpc) is 3.53. The standard InChI is InChI=1S/C24H25NO5.BrH/c1-25-19-12-17(13-20(25)22-21(19)30-22)29-24(27)18(15-8-4-2-5-9-15)14-28-23(26)16-10-6-3-7-11-16;/h2-11,17-22H,12-14H2,1H3;1H/t17?,18-,19-,20+,21-,22+;/m1./s1. The molecule has 0 spiro atoms. The normalized spacial score (nSPS) is 29.3. The van der Waals surface area contributed by atoms with Crippen LogP contribution in [0.2, 0.25) is 0 Å². The summed E-state index contributed by atoms with van der Waals surface area (Å²) >= 11 is 0. The van der Waals surface area contributed by atoms with Crippen molar-refractivity contribution in [3.8, 4) is 0 Å². The van der Waals surface area contributed by atoms with Crippen LogP contribution in [0.5, 0.6) is 0 Å². The fraction of sp³-hybridized carbons (Fsp3) is 0.417. The van der Waals surface area contributed by atoms with E-state index in [-0.39, 0.29) is 35.7 Å². The van der Waals surface area contributed by atoms with Crippen molar-refractivity contribution in [3.63, 3.8) is 0 Å². The highest BCUT2D eigenvalue weighted by molar-refractivity contribution is 8.93. The maximum atomic E-state index is 13.1. The molecule has 0 aliphatic carbocycles. The van der Waals surface area contributed by atoms with E-state index in [1.807, 2.05) is 36.4 Å². The van der Waals surface area contributed by atoms with Crippen LogP contribution in [-0.2, 0) is 19.0 Å². The number of benzene rings is 2. The molecule has 0 amide bonds. The van der Waals surface area contributed by atoms with E-state index in [0.717, 1.165) is 18.4 Å². The first-order valence-corrected chi connectivity index (χ1v) is 10.5. The molecular weight excluding hydrogens is 462 g/mol. The molecular formula is C24H26BrNO5. The predicted octanol–water partition coefficient (Wildman–Crippen LogP) is 3.36. The Morgan fingerprint density at radius 1 is 1.00 bits per heavy atom. The second kappa shape index (κ2) is 9.10. The number of halogens is 1. The smallest absolute Gasteiger partial charge is 0.338 e. The number of epoxide rings is 1. The van der Waals surface area contributed by atoms with Gasteiger partial charge in [0.05, 0.1) is 5.56 Å². The van der Waals surface area contributed by atoms with Crippen molar-refractivity contribution in [2.45, 2.75) is 49.2 Å². The second-order valence-electron chi connectivity index (χ2n) is 8.32. The summed E-state index contributed by atoms with van der Waals surface area (Å²) in [5.41, 5.74) is 1.24. The Morgan fingerprint density at radius 3 is 2.19 bits per heavy atom. The highest BCUT2D eigenvalue weighted by Gasteiger charge is 2.62. The third kappa shape index (κ3) is 4.40. The third-order valence-electron chi connectivity index (χ3n) is 6.53. The molecule has 1 unspecified atom stereocenters. The molecule has 31 heavy (non-hydrogen) atoms. The molecule has 2 bridgehead atoms. The van der Waals surface area contributed by atoms with Crippen LogP contribution in [0.3, 0.4) is 0 Å². The highest BCUT2D eigenvalue weighted by atomic mass is 79.9. The first-order chi connectivity index (χ1) is 14.6. The van der Waals surface area contributed by atoms with E-state index >= 15 is 0 Å². The van der Waals surface area contributed by atoms with Crippen LogP contribution >= 0.6 is 17.0 Å². The number of ether oxygens (including phenoxy) is 3. The minimum atomic E-state index is -0.651. The van der Waals surface area contributed by atoms with Gasteiger partial charge in [0.15, 0.2) is 0 Å². The zero-order valence-corrected chi connectivity index (χ0v) is 19.0. The fourth-order valence-electron chi connectivity index (χ4n) is 4.85. The lowest BCUT2D eigenvalue weighted by molar-refractivity contribution is -0.156. The van der Waals surface area contributed by atoms with Gasteiger partial charge >= 0.3 is 11.9 Å². The van der Waals surface area contributed by atoms with E-state index < -0.39 is 11.9 Å². The minimum Gasteiger partial charge on any atom is -0.462 e. The fourth-order valence-corrected chi connectivity index (χ4v) is 4.85. The number of fused-ring (bicyclic) bond motifs is 5. The Morgan fingerprint density at radius 2 is 1.58 bits per heavy atom. The molecule has 0 N–H and O–H groups in total. The SMILES string of the molecule is Br.CN1[C@@H]2CC(OC(=O)[C@H](COC(=O)c3ccccc3)c3ccccc3)C[C@H]1[C@@H]1O[C@@H]12. The summed E-state index contributed by atoms with van der Waals surface area (Å²) in [6, 6.07) is 18.8. The van der Waals surface area contributed by atoms with Gasteiger partial charge < -0.3 is 14.2 Å². The van der Waals surface area contributed by atoms with Crippen molar-refractivity contribution in [1.29, 1.82) is 0 Å².